The first-order chi connectivity index (χ1) is 11.0. The summed E-state index contributed by atoms with van der Waals surface area (Å²) in [6.45, 7) is 0. The lowest BCUT2D eigenvalue weighted by molar-refractivity contribution is 0.273. The number of phenols is 4. The highest BCUT2D eigenvalue weighted by Crippen LogP contribution is 2.29. The molecule has 0 fully saturated rings. The molecule has 0 saturated heterocycles. The summed E-state index contributed by atoms with van der Waals surface area (Å²) in [5.74, 6) is -2.62. The average molecular weight is 377 g/mol. The predicted molar refractivity (Wildman–Crippen MR) is 78.1 cm³/mol. The molecule has 2 aromatic rings. The number of nitrogens with one attached hydrogen (secondary N) is 1. The Bertz CT molecular complexity index is 902. The molecule has 2 rings (SSSR count). The van der Waals surface area contributed by atoms with Crippen LogP contribution in [0.4, 0.5) is 0 Å². The number of benzene rings is 2. The van der Waals surface area contributed by atoms with Gasteiger partial charge in [-0.1, -0.05) is 4.89 Å². The van der Waals surface area contributed by atoms with Crippen molar-refractivity contribution < 1.29 is 41.5 Å². The fourth-order valence-corrected chi connectivity index (χ4v) is 3.43. The van der Waals surface area contributed by atoms with Crippen molar-refractivity contribution in [2.75, 3.05) is 0 Å². The van der Waals surface area contributed by atoms with E-state index in [2.05, 4.69) is 4.28 Å². The summed E-state index contributed by atoms with van der Waals surface area (Å²) in [4.78, 5) is 0.158. The van der Waals surface area contributed by atoms with E-state index in [9.17, 15) is 27.0 Å². The molecule has 0 bridgehead atoms. The van der Waals surface area contributed by atoms with Gasteiger partial charge < -0.3 is 20.4 Å². The third kappa shape index (κ3) is 3.68. The summed E-state index contributed by atoms with van der Waals surface area (Å²) < 4.78 is 51.7. The second kappa shape index (κ2) is 6.16. The van der Waals surface area contributed by atoms with Gasteiger partial charge >= 0.3 is 10.1 Å². The van der Waals surface area contributed by atoms with Crippen molar-refractivity contribution in [1.29, 1.82) is 0 Å². The van der Waals surface area contributed by atoms with Crippen LogP contribution in [0.2, 0.25) is 0 Å². The summed E-state index contributed by atoms with van der Waals surface area (Å²) in [5.41, 5.74) is 0. The zero-order chi connectivity index (χ0) is 18.1. The number of aromatic hydroxyl groups is 4. The monoisotopic (exact) mass is 377 g/mol. The molecule has 12 heteroatoms. The summed E-state index contributed by atoms with van der Waals surface area (Å²) >= 11 is 0. The van der Waals surface area contributed by atoms with Crippen LogP contribution in [-0.4, -0.2) is 37.3 Å². The van der Waals surface area contributed by atoms with Crippen molar-refractivity contribution in [3.05, 3.63) is 36.4 Å². The number of rotatable bonds is 5. The van der Waals surface area contributed by atoms with E-state index < -0.39 is 52.9 Å². The maximum absolute atomic E-state index is 11.9. The van der Waals surface area contributed by atoms with Gasteiger partial charge in [0.1, 0.15) is 0 Å². The van der Waals surface area contributed by atoms with Gasteiger partial charge in [-0.3, -0.25) is 0 Å². The number of sulfonamides is 1. The highest BCUT2D eigenvalue weighted by atomic mass is 32.2. The third-order valence-corrected chi connectivity index (χ3v) is 5.16. The minimum Gasteiger partial charge on any atom is -0.504 e. The van der Waals surface area contributed by atoms with Crippen LogP contribution in [0, 0.1) is 0 Å². The molecule has 0 aliphatic carbocycles. The van der Waals surface area contributed by atoms with E-state index in [4.69, 9.17) is 10.2 Å². The Morgan fingerprint density at radius 3 is 1.67 bits per heavy atom. The molecule has 5 N–H and O–H groups in total. The average Bonchev–Trinajstić information content (AvgIpc) is 2.51. The molecule has 10 nitrogen and oxygen atoms in total. The Balaban J connectivity index is 2.24. The fourth-order valence-electron chi connectivity index (χ4n) is 1.51. The first kappa shape index (κ1) is 17.8. The first-order valence-corrected chi connectivity index (χ1v) is 8.91. The quantitative estimate of drug-likeness (QED) is 0.358. The van der Waals surface area contributed by atoms with Crippen molar-refractivity contribution in [1.82, 2.24) is 4.89 Å². The Labute approximate surface area is 136 Å². The van der Waals surface area contributed by atoms with Crippen molar-refractivity contribution in [2.45, 2.75) is 9.79 Å². The number of phenolic OH excluding ortho intramolecular Hbond substituents is 4. The van der Waals surface area contributed by atoms with E-state index in [1.807, 2.05) is 0 Å². The molecule has 0 spiro atoms. The standard InChI is InChI=1S/C12H11NO9S2/c14-9-3-1-7(5-11(9)16)23(18,19)13-22-24(20,21)8-2-4-10(15)12(17)6-8/h1-6,13-17H. The topological polar surface area (TPSA) is 170 Å². The summed E-state index contributed by atoms with van der Waals surface area (Å²) in [7, 11) is -9.13. The molecular formula is C12H11NO9S2. The van der Waals surface area contributed by atoms with E-state index in [0.29, 0.717) is 12.1 Å². The summed E-state index contributed by atoms with van der Waals surface area (Å²) in [6.07, 6.45) is 0. The molecule has 0 radical (unpaired) electrons. The summed E-state index contributed by atoms with van der Waals surface area (Å²) in [6, 6.07) is 4.88. The van der Waals surface area contributed by atoms with Crippen LogP contribution < -0.4 is 4.89 Å². The predicted octanol–water partition coefficient (Wildman–Crippen LogP) is 0.108. The SMILES string of the molecule is O=S(=O)(NOS(=O)(=O)c1ccc(O)c(O)c1)c1ccc(O)c(O)c1. The van der Waals surface area contributed by atoms with Crippen LogP contribution in [0.1, 0.15) is 0 Å². The maximum atomic E-state index is 11.9. The Hall–Kier alpha value is -2.54. The largest absolute Gasteiger partial charge is 0.504 e. The molecule has 0 amide bonds. The number of hydrogen-bond acceptors (Lipinski definition) is 9. The summed E-state index contributed by atoms with van der Waals surface area (Å²) in [5, 5.41) is 36.8. The van der Waals surface area contributed by atoms with E-state index in [1.54, 1.807) is 0 Å². The minimum absolute atomic E-state index is 0.568. The van der Waals surface area contributed by atoms with E-state index in [0.717, 1.165) is 24.3 Å². The molecule has 0 heterocycles. The molecule has 24 heavy (non-hydrogen) atoms. The fraction of sp³-hybridized carbons (Fsp3) is 0. The highest BCUT2D eigenvalue weighted by molar-refractivity contribution is 7.91. The molecule has 0 aromatic heterocycles. The number of hydrogen-bond donors (Lipinski definition) is 5. The second-order valence-corrected chi connectivity index (χ2v) is 7.62. The van der Waals surface area contributed by atoms with Gasteiger partial charge in [-0.15, -0.1) is 0 Å². The Morgan fingerprint density at radius 1 is 0.708 bits per heavy atom. The van der Waals surface area contributed by atoms with Gasteiger partial charge in [0.25, 0.3) is 10.0 Å². The van der Waals surface area contributed by atoms with Crippen molar-refractivity contribution in [3.8, 4) is 23.0 Å². The van der Waals surface area contributed by atoms with E-state index in [1.165, 1.54) is 4.89 Å². The van der Waals surface area contributed by atoms with Crippen LogP contribution in [0.3, 0.4) is 0 Å². The van der Waals surface area contributed by atoms with E-state index in [-0.39, 0.29) is 0 Å². The van der Waals surface area contributed by atoms with Gasteiger partial charge in [-0.25, -0.2) is 8.42 Å². The minimum atomic E-state index is -4.63. The Kier molecular flexibility index (Phi) is 4.57. The molecule has 130 valence electrons. The molecule has 0 aliphatic heterocycles. The van der Waals surface area contributed by atoms with Crippen LogP contribution in [0.15, 0.2) is 46.2 Å². The third-order valence-electron chi connectivity index (χ3n) is 2.75. The van der Waals surface area contributed by atoms with Crippen LogP contribution in [0.25, 0.3) is 0 Å². The highest BCUT2D eigenvalue weighted by Gasteiger charge is 2.23. The van der Waals surface area contributed by atoms with E-state index >= 15 is 0 Å². The maximum Gasteiger partial charge on any atom is 0.313 e. The van der Waals surface area contributed by atoms with Crippen LogP contribution in [0.5, 0.6) is 23.0 Å². The molecule has 2 aromatic carbocycles. The molecule has 0 unspecified atom stereocenters. The lowest BCUT2D eigenvalue weighted by Crippen LogP contribution is -2.27. The van der Waals surface area contributed by atoms with Crippen molar-refractivity contribution in [3.63, 3.8) is 0 Å². The molecule has 0 aliphatic rings. The molecule has 0 saturated carbocycles. The smallest absolute Gasteiger partial charge is 0.313 e. The second-order valence-electron chi connectivity index (χ2n) is 4.43. The first-order valence-electron chi connectivity index (χ1n) is 6.02. The van der Waals surface area contributed by atoms with Crippen LogP contribution in [-0.2, 0) is 24.4 Å². The Morgan fingerprint density at radius 2 is 1.17 bits per heavy atom. The van der Waals surface area contributed by atoms with Gasteiger partial charge in [0.15, 0.2) is 23.0 Å². The van der Waals surface area contributed by atoms with Crippen molar-refractivity contribution in [2.24, 2.45) is 0 Å². The zero-order valence-electron chi connectivity index (χ0n) is 11.6. The van der Waals surface area contributed by atoms with Gasteiger partial charge in [0.2, 0.25) is 0 Å². The zero-order valence-corrected chi connectivity index (χ0v) is 13.2. The van der Waals surface area contributed by atoms with Gasteiger partial charge in [0, 0.05) is 12.1 Å². The van der Waals surface area contributed by atoms with Crippen molar-refractivity contribution >= 4 is 20.1 Å². The lowest BCUT2D eigenvalue weighted by atomic mass is 10.3. The molecule has 0 atom stereocenters. The van der Waals surface area contributed by atoms with Gasteiger partial charge in [-0.2, -0.15) is 12.7 Å². The van der Waals surface area contributed by atoms with Crippen LogP contribution >= 0.6 is 0 Å². The normalized spacial score (nSPS) is 12.2. The lowest BCUT2D eigenvalue weighted by Gasteiger charge is -2.09. The van der Waals surface area contributed by atoms with Gasteiger partial charge in [0.05, 0.1) is 9.79 Å². The van der Waals surface area contributed by atoms with Gasteiger partial charge in [-0.05, 0) is 24.3 Å². The molecular weight excluding hydrogens is 366 g/mol.